The van der Waals surface area contributed by atoms with Crippen LogP contribution < -0.4 is 10.9 Å². The van der Waals surface area contributed by atoms with Crippen LogP contribution in [0, 0.1) is 0 Å². The number of carbonyl (C=O) groups excluding carboxylic acids is 1. The van der Waals surface area contributed by atoms with E-state index in [0.29, 0.717) is 18.7 Å². The monoisotopic (exact) mass is 381 g/mol. The molecule has 118 valence electrons. The zero-order valence-corrected chi connectivity index (χ0v) is 14.0. The Kier molecular flexibility index (Phi) is 6.34. The van der Waals surface area contributed by atoms with Crippen molar-refractivity contribution in [2.75, 3.05) is 31.0 Å². The Labute approximate surface area is 130 Å². The summed E-state index contributed by atoms with van der Waals surface area (Å²) in [4.78, 5) is 23.1. The molecule has 1 aromatic rings. The standard InChI is InChI=1S/C11H16BrN3O5S/c1-20-9(16)7-15-11(17)10(12)8(6-14-15)13-4-3-5-21(2,18)19/h6,13H,3-5,7H2,1-2H3. The summed E-state index contributed by atoms with van der Waals surface area (Å²) < 4.78 is 27.6. The lowest BCUT2D eigenvalue weighted by molar-refractivity contribution is -0.141. The second kappa shape index (κ2) is 7.55. The maximum absolute atomic E-state index is 11.9. The number of aromatic nitrogens is 2. The first-order chi connectivity index (χ1) is 9.74. The predicted octanol–water partition coefficient (Wildman–Crippen LogP) is 0.0254. The fourth-order valence-electron chi connectivity index (χ4n) is 1.45. The van der Waals surface area contributed by atoms with Crippen LogP contribution in [0.4, 0.5) is 5.69 Å². The highest BCUT2D eigenvalue weighted by Gasteiger charge is 2.11. The Morgan fingerprint density at radius 3 is 2.76 bits per heavy atom. The van der Waals surface area contributed by atoms with Gasteiger partial charge in [-0.1, -0.05) is 0 Å². The molecule has 0 aliphatic heterocycles. The van der Waals surface area contributed by atoms with E-state index in [1.807, 2.05) is 0 Å². The van der Waals surface area contributed by atoms with Gasteiger partial charge in [0.05, 0.1) is 24.7 Å². The molecule has 0 fully saturated rings. The second-order valence-corrected chi connectivity index (χ2v) is 7.37. The molecule has 0 radical (unpaired) electrons. The topological polar surface area (TPSA) is 107 Å². The van der Waals surface area contributed by atoms with Gasteiger partial charge in [-0.05, 0) is 22.4 Å². The molecule has 0 aromatic carbocycles. The third kappa shape index (κ3) is 5.84. The minimum Gasteiger partial charge on any atom is -0.468 e. The summed E-state index contributed by atoms with van der Waals surface area (Å²) in [6.07, 6.45) is 2.96. The lowest BCUT2D eigenvalue weighted by Gasteiger charge is -2.09. The van der Waals surface area contributed by atoms with Crippen molar-refractivity contribution in [3.8, 4) is 0 Å². The van der Waals surface area contributed by atoms with Crippen molar-refractivity contribution in [2.24, 2.45) is 0 Å². The minimum absolute atomic E-state index is 0.0600. The quantitative estimate of drug-likeness (QED) is 0.524. The number of esters is 1. The third-order valence-corrected chi connectivity index (χ3v) is 4.30. The molecule has 0 spiro atoms. The number of halogens is 1. The molecule has 0 saturated heterocycles. The molecule has 10 heteroatoms. The molecule has 21 heavy (non-hydrogen) atoms. The number of nitrogens with one attached hydrogen (secondary N) is 1. The van der Waals surface area contributed by atoms with Crippen molar-refractivity contribution in [3.63, 3.8) is 0 Å². The smallest absolute Gasteiger partial charge is 0.327 e. The number of hydrogen-bond donors (Lipinski definition) is 1. The Balaban J connectivity index is 2.71. The molecule has 1 N–H and O–H groups in total. The van der Waals surface area contributed by atoms with Gasteiger partial charge in [-0.25, -0.2) is 13.1 Å². The van der Waals surface area contributed by atoms with Crippen LogP contribution in [0.25, 0.3) is 0 Å². The van der Waals surface area contributed by atoms with E-state index >= 15 is 0 Å². The molecule has 0 saturated carbocycles. The van der Waals surface area contributed by atoms with E-state index in [-0.39, 0.29) is 16.8 Å². The fraction of sp³-hybridized carbons (Fsp3) is 0.545. The maximum atomic E-state index is 11.9. The van der Waals surface area contributed by atoms with Crippen molar-refractivity contribution in [1.82, 2.24) is 9.78 Å². The Morgan fingerprint density at radius 2 is 2.19 bits per heavy atom. The molecule has 1 aromatic heterocycles. The Morgan fingerprint density at radius 1 is 1.52 bits per heavy atom. The van der Waals surface area contributed by atoms with Crippen molar-refractivity contribution < 1.29 is 17.9 Å². The van der Waals surface area contributed by atoms with Crippen molar-refractivity contribution >= 4 is 37.4 Å². The van der Waals surface area contributed by atoms with Crippen LogP contribution in [0.3, 0.4) is 0 Å². The van der Waals surface area contributed by atoms with Gasteiger partial charge in [-0.15, -0.1) is 0 Å². The highest BCUT2D eigenvalue weighted by atomic mass is 79.9. The summed E-state index contributed by atoms with van der Waals surface area (Å²) in [7, 11) is -1.78. The molecule has 0 aliphatic rings. The molecular weight excluding hydrogens is 366 g/mol. The zero-order chi connectivity index (χ0) is 16.0. The number of carbonyl (C=O) groups is 1. The van der Waals surface area contributed by atoms with Crippen LogP contribution >= 0.6 is 15.9 Å². The highest BCUT2D eigenvalue weighted by Crippen LogP contribution is 2.15. The number of nitrogens with zero attached hydrogens (tertiary/aromatic N) is 2. The lowest BCUT2D eigenvalue weighted by Crippen LogP contribution is -2.28. The molecule has 0 atom stereocenters. The largest absolute Gasteiger partial charge is 0.468 e. The first kappa shape index (κ1) is 17.6. The van der Waals surface area contributed by atoms with Gasteiger partial charge in [-0.2, -0.15) is 5.10 Å². The van der Waals surface area contributed by atoms with Crippen LogP contribution in [-0.4, -0.2) is 49.8 Å². The molecule has 0 bridgehead atoms. The number of ether oxygens (including phenoxy) is 1. The van der Waals surface area contributed by atoms with Crippen molar-refractivity contribution in [1.29, 1.82) is 0 Å². The molecule has 0 amide bonds. The van der Waals surface area contributed by atoms with E-state index in [1.54, 1.807) is 0 Å². The number of hydrogen-bond acceptors (Lipinski definition) is 7. The van der Waals surface area contributed by atoms with E-state index in [0.717, 1.165) is 4.68 Å². The van der Waals surface area contributed by atoms with Gasteiger partial charge in [0.2, 0.25) is 0 Å². The van der Waals surface area contributed by atoms with Gasteiger partial charge >= 0.3 is 5.97 Å². The summed E-state index contributed by atoms with van der Waals surface area (Å²) in [5.74, 6) is -0.518. The Bertz CT molecular complexity index is 671. The predicted molar refractivity (Wildman–Crippen MR) is 81.0 cm³/mol. The summed E-state index contributed by atoms with van der Waals surface area (Å²) >= 11 is 3.13. The van der Waals surface area contributed by atoms with Gasteiger partial charge in [0.15, 0.2) is 0 Å². The molecular formula is C11H16BrN3O5S. The van der Waals surface area contributed by atoms with Crippen LogP contribution in [-0.2, 0) is 25.9 Å². The lowest BCUT2D eigenvalue weighted by atomic mass is 10.4. The number of methoxy groups -OCH3 is 1. The molecule has 1 rings (SSSR count). The van der Waals surface area contributed by atoms with E-state index in [9.17, 15) is 18.0 Å². The van der Waals surface area contributed by atoms with E-state index < -0.39 is 21.4 Å². The summed E-state index contributed by atoms with van der Waals surface area (Å²) in [6, 6.07) is 0. The van der Waals surface area contributed by atoms with Gasteiger partial charge in [0, 0.05) is 12.8 Å². The fourth-order valence-corrected chi connectivity index (χ4v) is 2.56. The highest BCUT2D eigenvalue weighted by molar-refractivity contribution is 9.10. The average Bonchev–Trinajstić information content (AvgIpc) is 2.40. The number of rotatable bonds is 7. The minimum atomic E-state index is -3.00. The number of sulfone groups is 1. The van der Waals surface area contributed by atoms with Crippen LogP contribution in [0.2, 0.25) is 0 Å². The maximum Gasteiger partial charge on any atom is 0.327 e. The van der Waals surface area contributed by atoms with E-state index in [4.69, 9.17) is 0 Å². The number of anilines is 1. The Hall–Kier alpha value is -1.42. The van der Waals surface area contributed by atoms with Gasteiger partial charge < -0.3 is 10.1 Å². The van der Waals surface area contributed by atoms with Crippen LogP contribution in [0.1, 0.15) is 6.42 Å². The molecule has 1 heterocycles. The van der Waals surface area contributed by atoms with Crippen molar-refractivity contribution in [3.05, 3.63) is 21.0 Å². The molecule has 0 aliphatic carbocycles. The van der Waals surface area contributed by atoms with E-state index in [1.165, 1.54) is 19.6 Å². The average molecular weight is 382 g/mol. The van der Waals surface area contributed by atoms with Gasteiger partial charge in [0.25, 0.3) is 5.56 Å². The summed E-state index contributed by atoms with van der Waals surface area (Å²) in [5.41, 5.74) is -0.0388. The third-order valence-electron chi connectivity index (χ3n) is 2.50. The summed E-state index contributed by atoms with van der Waals surface area (Å²) in [6.45, 7) is 0.107. The summed E-state index contributed by atoms with van der Waals surface area (Å²) in [5, 5.41) is 6.76. The molecule has 0 unspecified atom stereocenters. The first-order valence-corrected chi connectivity index (χ1v) is 8.84. The second-order valence-electron chi connectivity index (χ2n) is 4.32. The SMILES string of the molecule is COC(=O)Cn1ncc(NCCCS(C)(=O)=O)c(Br)c1=O. The molecule has 8 nitrogen and oxygen atoms in total. The van der Waals surface area contributed by atoms with Gasteiger partial charge in [-0.3, -0.25) is 9.59 Å². The zero-order valence-electron chi connectivity index (χ0n) is 11.6. The van der Waals surface area contributed by atoms with Crippen LogP contribution in [0.5, 0.6) is 0 Å². The normalized spacial score (nSPS) is 11.2. The van der Waals surface area contributed by atoms with Gasteiger partial charge in [0.1, 0.15) is 20.9 Å². The van der Waals surface area contributed by atoms with E-state index in [2.05, 4.69) is 31.1 Å². The first-order valence-electron chi connectivity index (χ1n) is 5.98. The van der Waals surface area contributed by atoms with Crippen LogP contribution in [0.15, 0.2) is 15.5 Å². The van der Waals surface area contributed by atoms with Crippen molar-refractivity contribution in [2.45, 2.75) is 13.0 Å².